The maximum Gasteiger partial charge on any atom is 0.228 e. The summed E-state index contributed by atoms with van der Waals surface area (Å²) in [6.07, 6.45) is 2.08. The second-order valence-corrected chi connectivity index (χ2v) is 8.64. The SMILES string of the molecule is Cc1cc(N2CCN(C(=O)Cc3csc(-c4ccccn4)n3)CC2)nc(C(C)C)n1. The maximum absolute atomic E-state index is 12.8. The standard InChI is InChI=1S/C22H26N6OS/c1-15(2)21-24-16(3)12-19(26-21)27-8-10-28(11-9-27)20(29)13-17-14-30-22(25-17)18-6-4-5-7-23-18/h4-7,12,14-15H,8-11,13H2,1-3H3. The van der Waals surface area contributed by atoms with Gasteiger partial charge in [0.05, 0.1) is 17.8 Å². The van der Waals surface area contributed by atoms with Gasteiger partial charge in [-0.1, -0.05) is 19.9 Å². The summed E-state index contributed by atoms with van der Waals surface area (Å²) in [5, 5.41) is 2.80. The van der Waals surface area contributed by atoms with Crippen LogP contribution in [0.15, 0.2) is 35.8 Å². The number of rotatable bonds is 5. The van der Waals surface area contributed by atoms with Gasteiger partial charge in [0.1, 0.15) is 16.6 Å². The summed E-state index contributed by atoms with van der Waals surface area (Å²) >= 11 is 1.53. The molecule has 0 atom stereocenters. The number of anilines is 1. The lowest BCUT2D eigenvalue weighted by molar-refractivity contribution is -0.130. The van der Waals surface area contributed by atoms with Crippen LogP contribution in [0.1, 0.15) is 37.0 Å². The fourth-order valence-electron chi connectivity index (χ4n) is 3.44. The van der Waals surface area contributed by atoms with E-state index in [9.17, 15) is 4.79 Å². The van der Waals surface area contributed by atoms with E-state index < -0.39 is 0 Å². The van der Waals surface area contributed by atoms with Gasteiger partial charge in [0.2, 0.25) is 5.91 Å². The highest BCUT2D eigenvalue weighted by Crippen LogP contribution is 2.22. The second kappa shape index (κ2) is 8.87. The average Bonchev–Trinajstić information content (AvgIpc) is 3.22. The third kappa shape index (κ3) is 4.64. The van der Waals surface area contributed by atoms with Gasteiger partial charge in [-0.3, -0.25) is 9.78 Å². The van der Waals surface area contributed by atoms with Crippen LogP contribution >= 0.6 is 11.3 Å². The molecule has 4 rings (SSSR count). The minimum absolute atomic E-state index is 0.120. The van der Waals surface area contributed by atoms with Crippen molar-refractivity contribution in [2.45, 2.75) is 33.1 Å². The Labute approximate surface area is 180 Å². The Kier molecular flexibility index (Phi) is 6.03. The fourth-order valence-corrected chi connectivity index (χ4v) is 4.24. The third-order valence-electron chi connectivity index (χ3n) is 5.10. The fraction of sp³-hybridized carbons (Fsp3) is 0.409. The molecular formula is C22H26N6OS. The molecule has 0 saturated carbocycles. The van der Waals surface area contributed by atoms with E-state index in [-0.39, 0.29) is 5.91 Å². The van der Waals surface area contributed by atoms with Crippen LogP contribution in [0, 0.1) is 6.92 Å². The molecule has 8 heteroatoms. The number of hydrogen-bond acceptors (Lipinski definition) is 7. The Bertz CT molecular complexity index is 1010. The van der Waals surface area contributed by atoms with Gasteiger partial charge in [-0.05, 0) is 19.1 Å². The normalized spacial score (nSPS) is 14.4. The second-order valence-electron chi connectivity index (χ2n) is 7.78. The molecule has 1 amide bonds. The zero-order valence-electron chi connectivity index (χ0n) is 17.6. The summed E-state index contributed by atoms with van der Waals surface area (Å²) in [5.41, 5.74) is 2.63. The molecule has 1 aliphatic heterocycles. The molecule has 1 fully saturated rings. The topological polar surface area (TPSA) is 75.1 Å². The van der Waals surface area contributed by atoms with Gasteiger partial charge in [0.25, 0.3) is 0 Å². The minimum Gasteiger partial charge on any atom is -0.353 e. The first kappa shape index (κ1) is 20.4. The Hall–Kier alpha value is -2.87. The first-order valence-corrected chi connectivity index (χ1v) is 11.1. The molecule has 0 bridgehead atoms. The highest BCUT2D eigenvalue weighted by Gasteiger charge is 2.23. The van der Waals surface area contributed by atoms with Gasteiger partial charge >= 0.3 is 0 Å². The van der Waals surface area contributed by atoms with Crippen molar-refractivity contribution in [1.82, 2.24) is 24.8 Å². The molecule has 0 unspecified atom stereocenters. The number of amides is 1. The zero-order chi connectivity index (χ0) is 21.1. The number of nitrogens with zero attached hydrogens (tertiary/aromatic N) is 6. The smallest absolute Gasteiger partial charge is 0.228 e. The van der Waals surface area contributed by atoms with Gasteiger partial charge in [-0.2, -0.15) is 0 Å². The zero-order valence-corrected chi connectivity index (χ0v) is 18.4. The largest absolute Gasteiger partial charge is 0.353 e. The lowest BCUT2D eigenvalue weighted by atomic mass is 10.2. The summed E-state index contributed by atoms with van der Waals surface area (Å²) in [4.78, 5) is 35.1. The van der Waals surface area contributed by atoms with Gasteiger partial charge < -0.3 is 9.80 Å². The van der Waals surface area contributed by atoms with Gasteiger partial charge in [-0.25, -0.2) is 15.0 Å². The quantitative estimate of drug-likeness (QED) is 0.628. The van der Waals surface area contributed by atoms with E-state index in [1.54, 1.807) is 6.20 Å². The van der Waals surface area contributed by atoms with Crippen LogP contribution in [0.4, 0.5) is 5.82 Å². The number of hydrogen-bond donors (Lipinski definition) is 0. The molecule has 3 aromatic heterocycles. The first-order valence-electron chi connectivity index (χ1n) is 10.2. The lowest BCUT2D eigenvalue weighted by Crippen LogP contribution is -2.49. The summed E-state index contributed by atoms with van der Waals surface area (Å²) in [7, 11) is 0. The Morgan fingerprint density at radius 2 is 1.93 bits per heavy atom. The van der Waals surface area contributed by atoms with Crippen molar-refractivity contribution in [3.8, 4) is 10.7 Å². The van der Waals surface area contributed by atoms with Crippen molar-refractivity contribution in [2.75, 3.05) is 31.1 Å². The summed E-state index contributed by atoms with van der Waals surface area (Å²) < 4.78 is 0. The van der Waals surface area contributed by atoms with E-state index in [2.05, 4.69) is 33.7 Å². The molecule has 0 spiro atoms. The number of pyridine rings is 1. The molecule has 0 aliphatic carbocycles. The molecule has 0 aromatic carbocycles. The van der Waals surface area contributed by atoms with Crippen LogP contribution in [0.25, 0.3) is 10.7 Å². The van der Waals surface area contributed by atoms with Crippen LogP contribution in [0.3, 0.4) is 0 Å². The van der Waals surface area contributed by atoms with Crippen molar-refractivity contribution in [1.29, 1.82) is 0 Å². The van der Waals surface area contributed by atoms with E-state index in [4.69, 9.17) is 4.98 Å². The average molecular weight is 423 g/mol. The number of piperazine rings is 1. The predicted octanol–water partition coefficient (Wildman–Crippen LogP) is 3.32. The molecule has 4 heterocycles. The van der Waals surface area contributed by atoms with E-state index >= 15 is 0 Å². The summed E-state index contributed by atoms with van der Waals surface area (Å²) in [6.45, 7) is 9.14. The number of aryl methyl sites for hydroxylation is 1. The van der Waals surface area contributed by atoms with Crippen molar-refractivity contribution >= 4 is 23.1 Å². The van der Waals surface area contributed by atoms with Crippen molar-refractivity contribution in [2.24, 2.45) is 0 Å². The molecule has 7 nitrogen and oxygen atoms in total. The summed E-state index contributed by atoms with van der Waals surface area (Å²) in [5.74, 6) is 2.24. The first-order chi connectivity index (χ1) is 14.5. The molecule has 156 valence electrons. The van der Waals surface area contributed by atoms with Crippen molar-refractivity contribution in [3.63, 3.8) is 0 Å². The Balaban J connectivity index is 1.35. The lowest BCUT2D eigenvalue weighted by Gasteiger charge is -2.35. The van der Waals surface area contributed by atoms with Crippen molar-refractivity contribution < 1.29 is 4.79 Å². The molecule has 30 heavy (non-hydrogen) atoms. The van der Waals surface area contributed by atoms with Gasteiger partial charge in [-0.15, -0.1) is 11.3 Å². The number of carbonyl (C=O) groups is 1. The highest BCUT2D eigenvalue weighted by molar-refractivity contribution is 7.13. The molecule has 1 saturated heterocycles. The van der Waals surface area contributed by atoms with E-state index in [0.717, 1.165) is 46.8 Å². The van der Waals surface area contributed by atoms with E-state index in [0.29, 0.717) is 25.4 Å². The molecule has 0 radical (unpaired) electrons. The minimum atomic E-state index is 0.120. The van der Waals surface area contributed by atoms with Crippen LogP contribution < -0.4 is 4.90 Å². The maximum atomic E-state index is 12.8. The van der Waals surface area contributed by atoms with E-state index in [1.165, 1.54) is 11.3 Å². The third-order valence-corrected chi connectivity index (χ3v) is 6.01. The van der Waals surface area contributed by atoms with Gasteiger partial charge in [0.15, 0.2) is 0 Å². The Morgan fingerprint density at radius 3 is 2.63 bits per heavy atom. The number of thiazole rings is 1. The van der Waals surface area contributed by atoms with Crippen LogP contribution in [-0.4, -0.2) is 56.9 Å². The predicted molar refractivity (Wildman–Crippen MR) is 119 cm³/mol. The molecular weight excluding hydrogens is 396 g/mol. The van der Waals surface area contributed by atoms with Crippen LogP contribution in [0.2, 0.25) is 0 Å². The van der Waals surface area contributed by atoms with Crippen LogP contribution in [-0.2, 0) is 11.2 Å². The monoisotopic (exact) mass is 422 g/mol. The van der Waals surface area contributed by atoms with Crippen molar-refractivity contribution in [3.05, 3.63) is 53.1 Å². The molecule has 3 aromatic rings. The highest BCUT2D eigenvalue weighted by atomic mass is 32.1. The number of aromatic nitrogens is 4. The summed E-state index contributed by atoms with van der Waals surface area (Å²) in [6, 6.07) is 7.78. The van der Waals surface area contributed by atoms with Gasteiger partial charge in [0, 0.05) is 55.4 Å². The molecule has 1 aliphatic rings. The molecule has 0 N–H and O–H groups in total. The Morgan fingerprint density at radius 1 is 1.13 bits per heavy atom. The number of carbonyl (C=O) groups excluding carboxylic acids is 1. The van der Waals surface area contributed by atoms with E-state index in [1.807, 2.05) is 41.5 Å². The van der Waals surface area contributed by atoms with Crippen LogP contribution in [0.5, 0.6) is 0 Å².